The number of amides is 2. The Labute approximate surface area is 130 Å². The Kier molecular flexibility index (Phi) is 6.17. The van der Waals surface area contributed by atoms with Gasteiger partial charge in [0.05, 0.1) is 17.9 Å². The van der Waals surface area contributed by atoms with Crippen LogP contribution in [0.4, 0.5) is 5.69 Å². The van der Waals surface area contributed by atoms with Crippen molar-refractivity contribution in [2.75, 3.05) is 5.32 Å². The lowest BCUT2D eigenvalue weighted by Crippen LogP contribution is -2.39. The molecule has 1 aromatic heterocycles. The van der Waals surface area contributed by atoms with Gasteiger partial charge in [0.2, 0.25) is 11.8 Å². The van der Waals surface area contributed by atoms with Crippen LogP contribution in [0, 0.1) is 5.92 Å². The molecule has 7 nitrogen and oxygen atoms in total. The maximum absolute atomic E-state index is 11.8. The summed E-state index contributed by atoms with van der Waals surface area (Å²) in [5.74, 6) is -0.247. The number of anilines is 1. The zero-order chi connectivity index (χ0) is 14.7. The molecule has 1 heterocycles. The molecule has 1 unspecified atom stereocenters. The number of nitrogens with one attached hydrogen (secondary N) is 2. The van der Waals surface area contributed by atoms with Crippen LogP contribution in [0.15, 0.2) is 12.4 Å². The van der Waals surface area contributed by atoms with E-state index in [-0.39, 0.29) is 36.7 Å². The minimum atomic E-state index is -0.559. The average Bonchev–Trinajstić information content (AvgIpc) is 3.08. The monoisotopic (exact) mass is 315 g/mol. The third-order valence-electron chi connectivity index (χ3n) is 3.17. The van der Waals surface area contributed by atoms with E-state index in [1.807, 2.05) is 13.8 Å². The SMILES string of the molecule is CC(C)C(N)C(=O)Nc1cnn(CC(=O)NC2CC2)c1.Cl. The Morgan fingerprint density at radius 1 is 1.48 bits per heavy atom. The number of nitrogens with zero attached hydrogens (tertiary/aromatic N) is 2. The Balaban J connectivity index is 0.00000220. The number of halogens is 1. The fraction of sp³-hybridized carbons (Fsp3) is 0.615. The molecule has 1 aromatic rings. The summed E-state index contributed by atoms with van der Waals surface area (Å²) >= 11 is 0. The molecule has 0 radical (unpaired) electrons. The summed E-state index contributed by atoms with van der Waals surface area (Å²) in [7, 11) is 0. The maximum Gasteiger partial charge on any atom is 0.241 e. The van der Waals surface area contributed by atoms with Crippen molar-refractivity contribution in [3.05, 3.63) is 12.4 Å². The van der Waals surface area contributed by atoms with Crippen molar-refractivity contribution in [1.29, 1.82) is 0 Å². The predicted octanol–water partition coefficient (Wildman–Crippen LogP) is 0.505. The number of rotatable bonds is 6. The summed E-state index contributed by atoms with van der Waals surface area (Å²) < 4.78 is 1.49. The summed E-state index contributed by atoms with van der Waals surface area (Å²) in [5, 5.41) is 9.61. The molecule has 21 heavy (non-hydrogen) atoms. The van der Waals surface area contributed by atoms with Crippen LogP contribution in [0.5, 0.6) is 0 Å². The molecular weight excluding hydrogens is 294 g/mol. The molecular formula is C13H22ClN5O2. The van der Waals surface area contributed by atoms with Crippen LogP contribution in [0.1, 0.15) is 26.7 Å². The van der Waals surface area contributed by atoms with Crippen molar-refractivity contribution in [3.8, 4) is 0 Å². The quantitative estimate of drug-likeness (QED) is 0.711. The second kappa shape index (κ2) is 7.42. The summed E-state index contributed by atoms with van der Waals surface area (Å²) in [6.07, 6.45) is 5.24. The number of carbonyl (C=O) groups excluding carboxylic acids is 2. The molecule has 2 rings (SSSR count). The zero-order valence-corrected chi connectivity index (χ0v) is 13.0. The van der Waals surface area contributed by atoms with Gasteiger partial charge in [-0.2, -0.15) is 5.10 Å². The van der Waals surface area contributed by atoms with E-state index < -0.39 is 6.04 Å². The summed E-state index contributed by atoms with van der Waals surface area (Å²) in [4.78, 5) is 23.4. The van der Waals surface area contributed by atoms with Crippen LogP contribution in [0.2, 0.25) is 0 Å². The van der Waals surface area contributed by atoms with Crippen molar-refractivity contribution in [3.63, 3.8) is 0 Å². The molecule has 4 N–H and O–H groups in total. The lowest BCUT2D eigenvalue weighted by Gasteiger charge is -2.14. The highest BCUT2D eigenvalue weighted by molar-refractivity contribution is 5.94. The first-order valence-electron chi connectivity index (χ1n) is 6.84. The highest BCUT2D eigenvalue weighted by atomic mass is 35.5. The van der Waals surface area contributed by atoms with Crippen LogP contribution >= 0.6 is 12.4 Å². The fourth-order valence-electron chi connectivity index (χ4n) is 1.69. The minimum Gasteiger partial charge on any atom is -0.352 e. The molecule has 1 atom stereocenters. The van der Waals surface area contributed by atoms with Crippen molar-refractivity contribution >= 4 is 29.9 Å². The highest BCUT2D eigenvalue weighted by Gasteiger charge is 2.23. The third kappa shape index (κ3) is 5.35. The van der Waals surface area contributed by atoms with E-state index in [0.29, 0.717) is 11.7 Å². The van der Waals surface area contributed by atoms with Crippen LogP contribution in [0.3, 0.4) is 0 Å². The van der Waals surface area contributed by atoms with Crippen molar-refractivity contribution < 1.29 is 9.59 Å². The standard InChI is InChI=1S/C13H21N5O2.ClH/c1-8(2)12(14)13(20)17-10-5-15-18(6-10)7-11(19)16-9-3-4-9;/h5-6,8-9,12H,3-4,7,14H2,1-2H3,(H,16,19)(H,17,20);1H. The minimum absolute atomic E-state index is 0. The largest absolute Gasteiger partial charge is 0.352 e. The normalized spacial score (nSPS) is 15.2. The Morgan fingerprint density at radius 2 is 2.14 bits per heavy atom. The van der Waals surface area contributed by atoms with Gasteiger partial charge in [-0.1, -0.05) is 13.8 Å². The van der Waals surface area contributed by atoms with Gasteiger partial charge in [0.15, 0.2) is 0 Å². The zero-order valence-electron chi connectivity index (χ0n) is 12.2. The number of nitrogens with two attached hydrogens (primary N) is 1. The smallest absolute Gasteiger partial charge is 0.241 e. The molecule has 8 heteroatoms. The number of hydrogen-bond donors (Lipinski definition) is 3. The van der Waals surface area contributed by atoms with Gasteiger partial charge in [-0.25, -0.2) is 0 Å². The summed E-state index contributed by atoms with van der Waals surface area (Å²) in [6.45, 7) is 3.92. The Morgan fingerprint density at radius 3 is 2.71 bits per heavy atom. The van der Waals surface area contributed by atoms with Gasteiger partial charge in [-0.15, -0.1) is 12.4 Å². The van der Waals surface area contributed by atoms with Gasteiger partial charge >= 0.3 is 0 Å². The first-order chi connectivity index (χ1) is 9.45. The van der Waals surface area contributed by atoms with E-state index in [0.717, 1.165) is 12.8 Å². The number of hydrogen-bond acceptors (Lipinski definition) is 4. The highest BCUT2D eigenvalue weighted by Crippen LogP contribution is 2.18. The second-order valence-electron chi connectivity index (χ2n) is 5.53. The molecule has 1 saturated carbocycles. The Hall–Kier alpha value is -1.60. The van der Waals surface area contributed by atoms with Crippen molar-refractivity contribution in [2.45, 2.75) is 45.3 Å². The maximum atomic E-state index is 11.8. The molecule has 0 aliphatic heterocycles. The average molecular weight is 316 g/mol. The van der Waals surface area contributed by atoms with Crippen molar-refractivity contribution in [2.24, 2.45) is 11.7 Å². The molecule has 2 amide bonds. The van der Waals surface area contributed by atoms with E-state index >= 15 is 0 Å². The first-order valence-corrected chi connectivity index (χ1v) is 6.84. The molecule has 1 aliphatic rings. The van der Waals surface area contributed by atoms with E-state index in [1.54, 1.807) is 6.20 Å². The van der Waals surface area contributed by atoms with E-state index in [4.69, 9.17) is 5.73 Å². The molecule has 0 aromatic carbocycles. The molecule has 0 spiro atoms. The van der Waals surface area contributed by atoms with Crippen LogP contribution < -0.4 is 16.4 Å². The van der Waals surface area contributed by atoms with Crippen LogP contribution in [0.25, 0.3) is 0 Å². The van der Waals surface area contributed by atoms with Gasteiger partial charge in [0.25, 0.3) is 0 Å². The van der Waals surface area contributed by atoms with Gasteiger partial charge < -0.3 is 16.4 Å². The van der Waals surface area contributed by atoms with Gasteiger partial charge in [0, 0.05) is 12.2 Å². The van der Waals surface area contributed by atoms with Gasteiger partial charge in [0.1, 0.15) is 6.54 Å². The van der Waals surface area contributed by atoms with Gasteiger partial charge in [-0.05, 0) is 18.8 Å². The molecule has 0 saturated heterocycles. The second-order valence-corrected chi connectivity index (χ2v) is 5.53. The van der Waals surface area contributed by atoms with E-state index in [2.05, 4.69) is 15.7 Å². The molecule has 1 aliphatic carbocycles. The predicted molar refractivity (Wildman–Crippen MR) is 82.1 cm³/mol. The van der Waals surface area contributed by atoms with Crippen LogP contribution in [-0.4, -0.2) is 33.7 Å². The number of carbonyl (C=O) groups is 2. The van der Waals surface area contributed by atoms with E-state index in [9.17, 15) is 9.59 Å². The summed E-state index contributed by atoms with van der Waals surface area (Å²) in [6, 6.07) is -0.224. The lowest BCUT2D eigenvalue weighted by molar-refractivity contribution is -0.122. The fourth-order valence-corrected chi connectivity index (χ4v) is 1.69. The summed E-state index contributed by atoms with van der Waals surface area (Å²) in [5.41, 5.74) is 6.30. The number of aromatic nitrogens is 2. The molecule has 118 valence electrons. The lowest BCUT2D eigenvalue weighted by atomic mass is 10.1. The third-order valence-corrected chi connectivity index (χ3v) is 3.17. The molecule has 1 fully saturated rings. The van der Waals surface area contributed by atoms with Crippen molar-refractivity contribution in [1.82, 2.24) is 15.1 Å². The topological polar surface area (TPSA) is 102 Å². The first kappa shape index (κ1) is 17.5. The van der Waals surface area contributed by atoms with Gasteiger partial charge in [-0.3, -0.25) is 14.3 Å². The Bertz CT molecular complexity index is 499. The van der Waals surface area contributed by atoms with E-state index in [1.165, 1.54) is 10.9 Å². The van der Waals surface area contributed by atoms with Crippen LogP contribution in [-0.2, 0) is 16.1 Å². The molecule has 0 bridgehead atoms.